The van der Waals surface area contributed by atoms with Gasteiger partial charge in [0.05, 0.1) is 0 Å². The zero-order chi connectivity index (χ0) is 12.9. The molecular formula is C16H17NO. The highest BCUT2D eigenvalue weighted by Crippen LogP contribution is 2.02. The van der Waals surface area contributed by atoms with Crippen LogP contribution in [0.5, 0.6) is 5.75 Å². The van der Waals surface area contributed by atoms with Gasteiger partial charge in [-0.3, -0.25) is 0 Å². The number of hydrogen-bond acceptors (Lipinski definition) is 1. The van der Waals surface area contributed by atoms with E-state index in [-0.39, 0.29) is 0 Å². The molecule has 18 heavy (non-hydrogen) atoms. The van der Waals surface area contributed by atoms with E-state index in [2.05, 4.69) is 4.98 Å². The molecule has 2 aromatic carbocycles. The maximum atomic E-state index is 8.63. The topological polar surface area (TPSA) is 36.0 Å². The fraction of sp³-hybridized carbons (Fsp3) is 0. The summed E-state index contributed by atoms with van der Waals surface area (Å²) >= 11 is 0. The predicted molar refractivity (Wildman–Crippen MR) is 75.3 cm³/mol. The van der Waals surface area contributed by atoms with Crippen LogP contribution in [0.3, 0.4) is 0 Å². The molecule has 0 saturated heterocycles. The van der Waals surface area contributed by atoms with Crippen LogP contribution < -0.4 is 0 Å². The van der Waals surface area contributed by atoms with E-state index in [1.54, 1.807) is 24.3 Å². The summed E-state index contributed by atoms with van der Waals surface area (Å²) in [4.78, 5) is 2.86. The van der Waals surface area contributed by atoms with Crippen LogP contribution in [0.15, 0.2) is 91.3 Å². The van der Waals surface area contributed by atoms with Crippen LogP contribution in [0, 0.1) is 0 Å². The van der Waals surface area contributed by atoms with Gasteiger partial charge in [0, 0.05) is 12.4 Å². The van der Waals surface area contributed by atoms with Crippen molar-refractivity contribution in [1.29, 1.82) is 0 Å². The van der Waals surface area contributed by atoms with Crippen molar-refractivity contribution in [3.63, 3.8) is 0 Å². The van der Waals surface area contributed by atoms with Crippen molar-refractivity contribution < 1.29 is 5.11 Å². The van der Waals surface area contributed by atoms with Gasteiger partial charge in [0.15, 0.2) is 0 Å². The van der Waals surface area contributed by atoms with Crippen molar-refractivity contribution in [2.45, 2.75) is 0 Å². The van der Waals surface area contributed by atoms with Gasteiger partial charge in [-0.2, -0.15) is 0 Å². The predicted octanol–water partition coefficient (Wildman–Crippen LogP) is 4.09. The third-order valence-corrected chi connectivity index (χ3v) is 1.92. The third kappa shape index (κ3) is 7.77. The molecule has 0 bridgehead atoms. The Morgan fingerprint density at radius 2 is 0.944 bits per heavy atom. The van der Waals surface area contributed by atoms with Crippen LogP contribution in [0.1, 0.15) is 0 Å². The van der Waals surface area contributed by atoms with E-state index in [9.17, 15) is 0 Å². The molecule has 2 N–H and O–H groups in total. The number of aromatic nitrogens is 1. The third-order valence-electron chi connectivity index (χ3n) is 1.92. The molecule has 1 heterocycles. The number of nitrogens with one attached hydrogen (secondary N) is 1. The van der Waals surface area contributed by atoms with Crippen LogP contribution in [0.2, 0.25) is 0 Å². The number of phenolic OH excluding ortho intramolecular Hbond substituents is 1. The van der Waals surface area contributed by atoms with Gasteiger partial charge < -0.3 is 10.1 Å². The maximum Gasteiger partial charge on any atom is 0.115 e. The van der Waals surface area contributed by atoms with Crippen LogP contribution in [0.25, 0.3) is 0 Å². The zero-order valence-corrected chi connectivity index (χ0v) is 10.1. The average molecular weight is 239 g/mol. The molecule has 2 heteroatoms. The van der Waals surface area contributed by atoms with E-state index in [4.69, 9.17) is 5.11 Å². The molecule has 0 spiro atoms. The van der Waals surface area contributed by atoms with E-state index in [0.29, 0.717) is 5.75 Å². The number of rotatable bonds is 0. The molecule has 3 rings (SSSR count). The summed E-state index contributed by atoms with van der Waals surface area (Å²) in [5.74, 6) is 0.322. The number of H-pyrrole nitrogens is 1. The Labute approximate surface area is 108 Å². The number of aromatic hydroxyl groups is 1. The van der Waals surface area contributed by atoms with Crippen molar-refractivity contribution in [2.24, 2.45) is 0 Å². The lowest BCUT2D eigenvalue weighted by atomic mass is 10.3. The Balaban J connectivity index is 0.000000137. The minimum absolute atomic E-state index is 0.322. The SMILES string of the molecule is Oc1ccccc1.c1cc[nH]c1.c1ccccc1. The average Bonchev–Trinajstić information content (AvgIpc) is 3.01. The molecule has 3 aromatic rings. The second kappa shape index (κ2) is 9.73. The van der Waals surface area contributed by atoms with Gasteiger partial charge in [0.2, 0.25) is 0 Å². The highest BCUT2D eigenvalue weighted by Gasteiger charge is 1.74. The lowest BCUT2D eigenvalue weighted by Gasteiger charge is -1.82. The van der Waals surface area contributed by atoms with E-state index < -0.39 is 0 Å². The number of hydrogen-bond donors (Lipinski definition) is 2. The van der Waals surface area contributed by atoms with E-state index in [1.165, 1.54) is 0 Å². The van der Waals surface area contributed by atoms with Crippen LogP contribution in [0.4, 0.5) is 0 Å². The molecular weight excluding hydrogens is 222 g/mol. The molecule has 2 nitrogen and oxygen atoms in total. The van der Waals surface area contributed by atoms with Gasteiger partial charge in [-0.25, -0.2) is 0 Å². The van der Waals surface area contributed by atoms with Gasteiger partial charge in [0.1, 0.15) is 5.75 Å². The van der Waals surface area contributed by atoms with Crippen molar-refractivity contribution in [3.05, 3.63) is 91.3 Å². The highest BCUT2D eigenvalue weighted by atomic mass is 16.3. The Bertz CT molecular complexity index is 419. The first-order valence-corrected chi connectivity index (χ1v) is 5.71. The summed E-state index contributed by atoms with van der Waals surface area (Å²) in [6.45, 7) is 0. The first kappa shape index (κ1) is 13.6. The molecule has 0 saturated carbocycles. The fourth-order valence-corrected chi connectivity index (χ4v) is 1.09. The van der Waals surface area contributed by atoms with E-state index >= 15 is 0 Å². The molecule has 0 atom stereocenters. The molecule has 0 aliphatic carbocycles. The minimum atomic E-state index is 0.322. The molecule has 0 unspecified atom stereocenters. The van der Waals surface area contributed by atoms with Crippen LogP contribution in [-0.2, 0) is 0 Å². The summed E-state index contributed by atoms with van der Waals surface area (Å²) in [5.41, 5.74) is 0. The van der Waals surface area contributed by atoms with Gasteiger partial charge in [-0.1, -0.05) is 54.6 Å². The largest absolute Gasteiger partial charge is 0.508 e. The highest BCUT2D eigenvalue weighted by molar-refractivity contribution is 5.18. The molecule has 1 aromatic heterocycles. The van der Waals surface area contributed by atoms with E-state index in [1.807, 2.05) is 67.0 Å². The number of para-hydroxylation sites is 1. The maximum absolute atomic E-state index is 8.63. The Hall–Kier alpha value is -2.48. The first-order valence-electron chi connectivity index (χ1n) is 5.71. The lowest BCUT2D eigenvalue weighted by Crippen LogP contribution is -1.56. The normalized spacial score (nSPS) is 8.22. The summed E-state index contributed by atoms with van der Waals surface area (Å²) in [6.07, 6.45) is 3.75. The lowest BCUT2D eigenvalue weighted by molar-refractivity contribution is 0.475. The smallest absolute Gasteiger partial charge is 0.115 e. The minimum Gasteiger partial charge on any atom is -0.508 e. The summed E-state index contributed by atoms with van der Waals surface area (Å²) in [5, 5.41) is 8.63. The molecule has 0 fully saturated rings. The molecule has 0 aliphatic rings. The molecule has 0 amide bonds. The van der Waals surface area contributed by atoms with Crippen LogP contribution in [-0.4, -0.2) is 10.1 Å². The van der Waals surface area contributed by atoms with Crippen LogP contribution >= 0.6 is 0 Å². The Kier molecular flexibility index (Phi) is 7.34. The number of phenols is 1. The fourth-order valence-electron chi connectivity index (χ4n) is 1.09. The first-order chi connectivity index (χ1) is 8.89. The second-order valence-electron chi connectivity index (χ2n) is 3.38. The summed E-state index contributed by atoms with van der Waals surface area (Å²) in [6, 6.07) is 24.6. The van der Waals surface area contributed by atoms with Crippen molar-refractivity contribution >= 4 is 0 Å². The number of aromatic amines is 1. The number of benzene rings is 2. The summed E-state index contributed by atoms with van der Waals surface area (Å²) < 4.78 is 0. The Morgan fingerprint density at radius 1 is 0.556 bits per heavy atom. The second-order valence-corrected chi connectivity index (χ2v) is 3.38. The molecule has 0 radical (unpaired) electrons. The van der Waals surface area contributed by atoms with Crippen molar-refractivity contribution in [1.82, 2.24) is 4.98 Å². The van der Waals surface area contributed by atoms with E-state index in [0.717, 1.165) is 0 Å². The molecule has 92 valence electrons. The quantitative estimate of drug-likeness (QED) is 0.609. The summed E-state index contributed by atoms with van der Waals surface area (Å²) in [7, 11) is 0. The van der Waals surface area contributed by atoms with Gasteiger partial charge in [-0.05, 0) is 24.3 Å². The van der Waals surface area contributed by atoms with Gasteiger partial charge in [0.25, 0.3) is 0 Å². The standard InChI is InChI=1S/C6H6O.C6H6.C4H5N/c7-6-4-2-1-3-5-6;1-2-4-6-5-3-1;1-2-4-5-3-1/h1-5,7H;1-6H;1-5H. The van der Waals surface area contributed by atoms with Gasteiger partial charge >= 0.3 is 0 Å². The Morgan fingerprint density at radius 3 is 1.17 bits per heavy atom. The van der Waals surface area contributed by atoms with Crippen molar-refractivity contribution in [2.75, 3.05) is 0 Å². The zero-order valence-electron chi connectivity index (χ0n) is 10.1. The monoisotopic (exact) mass is 239 g/mol. The van der Waals surface area contributed by atoms with Crippen molar-refractivity contribution in [3.8, 4) is 5.75 Å². The molecule has 0 aliphatic heterocycles. The van der Waals surface area contributed by atoms with Gasteiger partial charge in [-0.15, -0.1) is 0 Å².